The molecule has 0 fully saturated rings. The maximum atomic E-state index is 12.1. The van der Waals surface area contributed by atoms with Gasteiger partial charge in [-0.15, -0.1) is 6.42 Å². The van der Waals surface area contributed by atoms with Crippen molar-refractivity contribution in [2.24, 2.45) is 5.10 Å². The predicted molar refractivity (Wildman–Crippen MR) is 103 cm³/mol. The van der Waals surface area contributed by atoms with Crippen molar-refractivity contribution in [3.8, 4) is 23.8 Å². The van der Waals surface area contributed by atoms with Gasteiger partial charge in [0.2, 0.25) is 0 Å². The minimum Gasteiger partial charge on any atom is -0.490 e. The Kier molecular flexibility index (Phi) is 7.07. The Bertz CT molecular complexity index is 857. The summed E-state index contributed by atoms with van der Waals surface area (Å²) in [7, 11) is 0. The van der Waals surface area contributed by atoms with Crippen LogP contribution >= 0.6 is 11.6 Å². The van der Waals surface area contributed by atoms with E-state index in [0.29, 0.717) is 34.3 Å². The van der Waals surface area contributed by atoms with Gasteiger partial charge in [-0.1, -0.05) is 35.2 Å². The summed E-state index contributed by atoms with van der Waals surface area (Å²) in [5.41, 5.74) is 4.67. The lowest BCUT2D eigenvalue weighted by Crippen LogP contribution is -2.17. The SMILES string of the molecule is C#CCOc1c(Cl)cc(/C=N/NC(=O)c2cccc(C)c2)cc1OCC. The van der Waals surface area contributed by atoms with Crippen molar-refractivity contribution >= 4 is 23.7 Å². The molecular weight excluding hydrogens is 352 g/mol. The third-order valence-corrected chi connectivity index (χ3v) is 3.57. The van der Waals surface area contributed by atoms with Gasteiger partial charge in [-0.25, -0.2) is 5.43 Å². The van der Waals surface area contributed by atoms with Gasteiger partial charge >= 0.3 is 0 Å². The molecule has 1 amide bonds. The number of nitrogens with zero attached hydrogens (tertiary/aromatic N) is 1. The number of nitrogens with one attached hydrogen (secondary N) is 1. The number of benzene rings is 2. The molecule has 0 aliphatic heterocycles. The van der Waals surface area contributed by atoms with Crippen LogP contribution in [0.5, 0.6) is 11.5 Å². The number of hydrazone groups is 1. The predicted octanol–water partition coefficient (Wildman–Crippen LogP) is 3.82. The number of amides is 1. The van der Waals surface area contributed by atoms with Crippen LogP contribution in [0, 0.1) is 19.3 Å². The summed E-state index contributed by atoms with van der Waals surface area (Å²) < 4.78 is 11.0. The van der Waals surface area contributed by atoms with E-state index in [9.17, 15) is 4.79 Å². The average Bonchev–Trinajstić information content (AvgIpc) is 2.61. The molecule has 2 rings (SSSR count). The second-order valence-corrected chi connectivity index (χ2v) is 5.73. The Hall–Kier alpha value is -2.97. The molecule has 0 atom stereocenters. The van der Waals surface area contributed by atoms with Gasteiger partial charge in [-0.3, -0.25) is 4.79 Å². The molecule has 2 aromatic carbocycles. The third-order valence-electron chi connectivity index (χ3n) is 3.29. The van der Waals surface area contributed by atoms with E-state index in [2.05, 4.69) is 16.4 Å². The van der Waals surface area contributed by atoms with Crippen LogP contribution in [0.3, 0.4) is 0 Å². The quantitative estimate of drug-likeness (QED) is 0.458. The maximum Gasteiger partial charge on any atom is 0.271 e. The highest BCUT2D eigenvalue weighted by Gasteiger charge is 2.12. The van der Waals surface area contributed by atoms with Crippen molar-refractivity contribution in [3.63, 3.8) is 0 Å². The second kappa shape index (κ2) is 9.50. The van der Waals surface area contributed by atoms with E-state index in [1.54, 1.807) is 24.3 Å². The Morgan fingerprint density at radius 2 is 2.15 bits per heavy atom. The van der Waals surface area contributed by atoms with E-state index in [1.165, 1.54) is 6.21 Å². The van der Waals surface area contributed by atoms with Crippen molar-refractivity contribution in [1.29, 1.82) is 0 Å². The van der Waals surface area contributed by atoms with Crippen LogP contribution in [0.15, 0.2) is 41.5 Å². The van der Waals surface area contributed by atoms with E-state index in [-0.39, 0.29) is 12.5 Å². The molecule has 1 N–H and O–H groups in total. The van der Waals surface area contributed by atoms with Crippen molar-refractivity contribution in [2.75, 3.05) is 13.2 Å². The smallest absolute Gasteiger partial charge is 0.271 e. The second-order valence-electron chi connectivity index (χ2n) is 5.32. The van der Waals surface area contributed by atoms with Crippen LogP contribution in [-0.2, 0) is 0 Å². The fourth-order valence-corrected chi connectivity index (χ4v) is 2.47. The lowest BCUT2D eigenvalue weighted by molar-refractivity contribution is 0.0955. The van der Waals surface area contributed by atoms with Crippen molar-refractivity contribution in [3.05, 3.63) is 58.1 Å². The molecule has 5 nitrogen and oxygen atoms in total. The van der Waals surface area contributed by atoms with Crippen LogP contribution < -0.4 is 14.9 Å². The summed E-state index contributed by atoms with van der Waals surface area (Å²) in [5, 5.41) is 4.31. The number of terminal acetylenes is 1. The number of halogens is 1. The highest BCUT2D eigenvalue weighted by molar-refractivity contribution is 6.32. The molecule has 0 heterocycles. The first-order chi connectivity index (χ1) is 12.5. The molecule has 0 aliphatic carbocycles. The van der Waals surface area contributed by atoms with E-state index < -0.39 is 0 Å². The largest absolute Gasteiger partial charge is 0.490 e. The van der Waals surface area contributed by atoms with Gasteiger partial charge in [0.15, 0.2) is 11.5 Å². The number of carbonyl (C=O) groups excluding carboxylic acids is 1. The van der Waals surface area contributed by atoms with Crippen LogP contribution in [0.25, 0.3) is 0 Å². The highest BCUT2D eigenvalue weighted by atomic mass is 35.5. The van der Waals surface area contributed by atoms with Crippen LogP contribution in [0.4, 0.5) is 0 Å². The van der Waals surface area contributed by atoms with E-state index in [4.69, 9.17) is 27.5 Å². The molecular formula is C20H19ClN2O3. The average molecular weight is 371 g/mol. The number of carbonyl (C=O) groups is 1. The molecule has 0 saturated carbocycles. The first kappa shape index (κ1) is 19.4. The van der Waals surface area contributed by atoms with E-state index in [0.717, 1.165) is 5.56 Å². The molecule has 0 aromatic heterocycles. The standard InChI is InChI=1S/C20H19ClN2O3/c1-4-9-26-19-17(21)11-15(12-18(19)25-5-2)13-22-23-20(24)16-8-6-7-14(3)10-16/h1,6-8,10-13H,5,9H2,2-3H3,(H,23,24)/b22-13+. The van der Waals surface area contributed by atoms with Gasteiger partial charge in [0.05, 0.1) is 17.8 Å². The molecule has 134 valence electrons. The summed E-state index contributed by atoms with van der Waals surface area (Å²) in [5.74, 6) is 2.93. The van der Waals surface area contributed by atoms with Crippen LogP contribution in [-0.4, -0.2) is 25.3 Å². The lowest BCUT2D eigenvalue weighted by atomic mass is 10.1. The van der Waals surface area contributed by atoms with Gasteiger partial charge < -0.3 is 9.47 Å². The van der Waals surface area contributed by atoms with E-state index in [1.807, 2.05) is 26.0 Å². The minimum absolute atomic E-state index is 0.0831. The first-order valence-electron chi connectivity index (χ1n) is 7.97. The topological polar surface area (TPSA) is 59.9 Å². The summed E-state index contributed by atoms with van der Waals surface area (Å²) in [4.78, 5) is 12.1. The minimum atomic E-state index is -0.296. The number of hydrogen-bond acceptors (Lipinski definition) is 4. The zero-order valence-corrected chi connectivity index (χ0v) is 15.3. The molecule has 6 heteroatoms. The Balaban J connectivity index is 2.14. The van der Waals surface area contributed by atoms with Gasteiger partial charge in [0.25, 0.3) is 5.91 Å². The third kappa shape index (κ3) is 5.27. The molecule has 0 saturated heterocycles. The first-order valence-corrected chi connectivity index (χ1v) is 8.35. The molecule has 0 unspecified atom stereocenters. The maximum absolute atomic E-state index is 12.1. The molecule has 0 aliphatic rings. The van der Waals surface area contributed by atoms with Crippen LogP contribution in [0.2, 0.25) is 5.02 Å². The Morgan fingerprint density at radius 1 is 1.35 bits per heavy atom. The summed E-state index contributed by atoms with van der Waals surface area (Å²) in [6, 6.07) is 10.6. The molecule has 0 spiro atoms. The Morgan fingerprint density at radius 3 is 2.85 bits per heavy atom. The number of aryl methyl sites for hydroxylation is 1. The summed E-state index contributed by atoms with van der Waals surface area (Å²) in [6.45, 7) is 4.29. The van der Waals surface area contributed by atoms with Gasteiger partial charge in [0, 0.05) is 5.56 Å². The molecule has 0 radical (unpaired) electrons. The molecule has 0 bridgehead atoms. The zero-order valence-electron chi connectivity index (χ0n) is 14.6. The van der Waals surface area contributed by atoms with Crippen molar-refractivity contribution < 1.29 is 14.3 Å². The van der Waals surface area contributed by atoms with Gasteiger partial charge in [-0.05, 0) is 43.7 Å². The molecule has 2 aromatic rings. The zero-order chi connectivity index (χ0) is 18.9. The van der Waals surface area contributed by atoms with Gasteiger partial charge in [0.1, 0.15) is 6.61 Å². The fourth-order valence-electron chi connectivity index (χ4n) is 2.20. The highest BCUT2D eigenvalue weighted by Crippen LogP contribution is 2.36. The molecule has 26 heavy (non-hydrogen) atoms. The lowest BCUT2D eigenvalue weighted by Gasteiger charge is -2.12. The normalized spacial score (nSPS) is 10.4. The monoisotopic (exact) mass is 370 g/mol. The van der Waals surface area contributed by atoms with Crippen molar-refractivity contribution in [1.82, 2.24) is 5.43 Å². The number of rotatable bonds is 7. The summed E-state index contributed by atoms with van der Waals surface area (Å²) >= 11 is 6.24. The van der Waals surface area contributed by atoms with E-state index >= 15 is 0 Å². The number of hydrogen-bond donors (Lipinski definition) is 1. The van der Waals surface area contributed by atoms with Crippen LogP contribution in [0.1, 0.15) is 28.4 Å². The summed E-state index contributed by atoms with van der Waals surface area (Å²) in [6.07, 6.45) is 6.69. The fraction of sp³-hybridized carbons (Fsp3) is 0.200. The Labute approximate surface area is 158 Å². The number of ether oxygens (including phenoxy) is 2. The van der Waals surface area contributed by atoms with Crippen molar-refractivity contribution in [2.45, 2.75) is 13.8 Å². The van der Waals surface area contributed by atoms with Gasteiger partial charge in [-0.2, -0.15) is 5.10 Å².